The van der Waals surface area contributed by atoms with Gasteiger partial charge < -0.3 is 14.0 Å². The molecule has 0 aliphatic carbocycles. The predicted molar refractivity (Wildman–Crippen MR) is 455 cm³/mol. The molecule has 0 spiro atoms. The number of aromatic nitrogens is 8. The number of para-hydroxylation sites is 2. The van der Waals surface area contributed by atoms with E-state index in [9.17, 15) is 15.8 Å². The first-order chi connectivity index (χ1) is 54.2. The molecule has 1 aliphatic rings. The van der Waals surface area contributed by atoms with Crippen LogP contribution in [0.15, 0.2) is 303 Å². The minimum atomic E-state index is -0.0942. The summed E-state index contributed by atoms with van der Waals surface area (Å²) in [5.41, 5.74) is 26.8. The summed E-state index contributed by atoms with van der Waals surface area (Å²) < 4.78 is 4.64. The van der Waals surface area contributed by atoms with E-state index in [0.717, 1.165) is 67.5 Å². The Kier molecular flexibility index (Phi) is 18.9. The molecule has 0 saturated heterocycles. The van der Waals surface area contributed by atoms with Crippen LogP contribution in [0.25, 0.3) is 123 Å². The highest BCUT2D eigenvalue weighted by molar-refractivity contribution is 6.11. The van der Waals surface area contributed by atoms with Crippen molar-refractivity contribution in [2.24, 2.45) is 0 Å². The second-order valence-electron chi connectivity index (χ2n) is 31.1. The van der Waals surface area contributed by atoms with Gasteiger partial charge in [0.2, 0.25) is 0 Å². The lowest BCUT2D eigenvalue weighted by Gasteiger charge is -2.42. The highest BCUT2D eigenvalue weighted by atomic mass is 15.2. The molecule has 17 aromatic rings. The molecule has 112 heavy (non-hydrogen) atoms. The molecule has 5 aromatic heterocycles. The van der Waals surface area contributed by atoms with E-state index in [4.69, 9.17) is 15.0 Å². The fourth-order valence-electron chi connectivity index (χ4n) is 15.2. The number of aryl methyl sites for hydroxylation is 2. The van der Waals surface area contributed by atoms with Crippen LogP contribution in [0.4, 0.5) is 17.1 Å². The highest BCUT2D eigenvalue weighted by Crippen LogP contribution is 2.52. The van der Waals surface area contributed by atoms with E-state index in [1.54, 1.807) is 18.2 Å². The Balaban J connectivity index is 0.000000128. The first-order valence-electron chi connectivity index (χ1n) is 37.7. The topological polar surface area (TPSA) is 162 Å². The number of nitriles is 3. The van der Waals surface area contributed by atoms with E-state index in [-0.39, 0.29) is 16.2 Å². The van der Waals surface area contributed by atoms with Crippen LogP contribution < -0.4 is 4.90 Å². The number of rotatable bonds is 9. The van der Waals surface area contributed by atoms with Gasteiger partial charge in [-0.3, -0.25) is 0 Å². The van der Waals surface area contributed by atoms with Crippen molar-refractivity contribution >= 4 is 60.7 Å². The zero-order valence-electron chi connectivity index (χ0n) is 64.2. The van der Waals surface area contributed by atoms with E-state index < -0.39 is 0 Å². The maximum Gasteiger partial charge on any atom is 0.161 e. The number of anilines is 3. The summed E-state index contributed by atoms with van der Waals surface area (Å²) >= 11 is 0. The molecule has 0 unspecified atom stereocenters. The fraction of sp³-hybridized carbons (Fsp3) is 0.130. The van der Waals surface area contributed by atoms with Crippen LogP contribution in [0, 0.1) is 47.8 Å². The zero-order chi connectivity index (χ0) is 77.6. The summed E-state index contributed by atoms with van der Waals surface area (Å²) in [6.07, 6.45) is 0. The lowest BCUT2D eigenvalue weighted by atomic mass is 9.73. The summed E-state index contributed by atoms with van der Waals surface area (Å²) in [7, 11) is 0. The molecule has 12 heteroatoms. The van der Waals surface area contributed by atoms with Gasteiger partial charge in [-0.05, 0) is 180 Å². The molecular weight excluding hydrogens is 1370 g/mol. The Bertz CT molecular complexity index is 6400. The summed E-state index contributed by atoms with van der Waals surface area (Å²) in [4.78, 5) is 30.2. The van der Waals surface area contributed by atoms with Gasteiger partial charge in [-0.2, -0.15) is 15.8 Å². The summed E-state index contributed by atoms with van der Waals surface area (Å²) in [6.45, 7) is 22.4. The molecule has 0 amide bonds. The van der Waals surface area contributed by atoms with Crippen molar-refractivity contribution in [1.29, 1.82) is 15.8 Å². The molecule has 0 atom stereocenters. The van der Waals surface area contributed by atoms with Gasteiger partial charge in [-0.1, -0.05) is 218 Å². The first kappa shape index (κ1) is 72.0. The summed E-state index contributed by atoms with van der Waals surface area (Å²) in [5, 5.41) is 33.8. The Labute approximate surface area is 653 Å². The van der Waals surface area contributed by atoms with Gasteiger partial charge in [-0.15, -0.1) is 0 Å². The molecule has 0 saturated carbocycles. The largest absolute Gasteiger partial charge is 0.310 e. The van der Waals surface area contributed by atoms with E-state index in [2.05, 4.69) is 274 Å². The van der Waals surface area contributed by atoms with Gasteiger partial charge >= 0.3 is 0 Å². The number of hydrogen-bond donors (Lipinski definition) is 0. The molecule has 0 fully saturated rings. The zero-order valence-corrected chi connectivity index (χ0v) is 64.2. The number of nitrogens with zero attached hydrogens (tertiary/aromatic N) is 12. The Morgan fingerprint density at radius 1 is 0.295 bits per heavy atom. The third-order valence-electron chi connectivity index (χ3n) is 21.1. The van der Waals surface area contributed by atoms with Crippen LogP contribution in [0.1, 0.15) is 106 Å². The lowest BCUT2D eigenvalue weighted by molar-refractivity contribution is 0.590. The van der Waals surface area contributed by atoms with Crippen molar-refractivity contribution in [3.63, 3.8) is 0 Å². The van der Waals surface area contributed by atoms with Gasteiger partial charge in [0.1, 0.15) is 35.3 Å². The fourth-order valence-corrected chi connectivity index (χ4v) is 15.2. The third-order valence-corrected chi connectivity index (χ3v) is 21.1. The molecule has 18 rings (SSSR count). The molecule has 0 bridgehead atoms. The van der Waals surface area contributed by atoms with Crippen LogP contribution in [0.5, 0.6) is 0 Å². The number of hydrogen-bond acceptors (Lipinski definition) is 10. The minimum absolute atomic E-state index is 0.0580. The third kappa shape index (κ3) is 14.0. The van der Waals surface area contributed by atoms with E-state index >= 15 is 0 Å². The van der Waals surface area contributed by atoms with Crippen LogP contribution >= 0.6 is 0 Å². The Morgan fingerprint density at radius 3 is 0.911 bits per heavy atom. The van der Waals surface area contributed by atoms with Gasteiger partial charge in [0.25, 0.3) is 0 Å². The Hall–Kier alpha value is -14.3. The SMILES string of the molecule is CC(C)(C)c1ccc2c(c1)c1cc(C(C)(C)C)ccc1n2-c1ccc(-c2nc(C#N)cc(-c3ccccc3)n2)cc1.CC1(C)c2ccccc2N(c2ccc(-c3nc(C#N)cc(-c4ccccc4)n3)cc2)c2ccccc21.Cc1ccc2c(c1)c1cc(C)ccc1n2-c1ccc(-c2nc(C#N)cc(-c3ccccc3)n2)cc1. The van der Waals surface area contributed by atoms with Gasteiger partial charge in [0.05, 0.1) is 50.5 Å². The smallest absolute Gasteiger partial charge is 0.161 e. The molecule has 540 valence electrons. The van der Waals surface area contributed by atoms with Crippen LogP contribution in [-0.4, -0.2) is 39.0 Å². The van der Waals surface area contributed by atoms with Crippen molar-refractivity contribution in [3.05, 3.63) is 354 Å². The van der Waals surface area contributed by atoms with Gasteiger partial charge in [0, 0.05) is 95.6 Å². The van der Waals surface area contributed by atoms with E-state index in [1.165, 1.54) is 88.4 Å². The average Bonchev–Trinajstić information content (AvgIpc) is 1.14. The molecular formula is C100H80N12. The normalized spacial score (nSPS) is 12.2. The maximum atomic E-state index is 9.65. The monoisotopic (exact) mass is 1450 g/mol. The van der Waals surface area contributed by atoms with Crippen molar-refractivity contribution in [3.8, 4) is 97.5 Å². The van der Waals surface area contributed by atoms with E-state index in [0.29, 0.717) is 34.6 Å². The second-order valence-corrected chi connectivity index (χ2v) is 31.1. The molecule has 1 aliphatic heterocycles. The molecule has 0 N–H and O–H groups in total. The number of fused-ring (bicyclic) bond motifs is 8. The second kappa shape index (κ2) is 29.4. The molecule has 12 nitrogen and oxygen atoms in total. The summed E-state index contributed by atoms with van der Waals surface area (Å²) in [5.74, 6) is 1.63. The molecule has 12 aromatic carbocycles. The van der Waals surface area contributed by atoms with Crippen molar-refractivity contribution in [2.45, 2.75) is 85.5 Å². The number of benzene rings is 12. The van der Waals surface area contributed by atoms with E-state index in [1.807, 2.05) is 127 Å². The summed E-state index contributed by atoms with van der Waals surface area (Å²) in [6, 6.07) is 110. The average molecular weight is 1450 g/mol. The Morgan fingerprint density at radius 2 is 0.589 bits per heavy atom. The van der Waals surface area contributed by atoms with Crippen LogP contribution in [0.3, 0.4) is 0 Å². The minimum Gasteiger partial charge on any atom is -0.310 e. The van der Waals surface area contributed by atoms with Crippen molar-refractivity contribution in [2.75, 3.05) is 4.90 Å². The van der Waals surface area contributed by atoms with Crippen LogP contribution in [0.2, 0.25) is 0 Å². The highest BCUT2D eigenvalue weighted by Gasteiger charge is 2.36. The quantitative estimate of drug-likeness (QED) is 0.136. The lowest BCUT2D eigenvalue weighted by Crippen LogP contribution is -2.30. The maximum absolute atomic E-state index is 9.65. The molecule has 6 heterocycles. The molecule has 0 radical (unpaired) electrons. The van der Waals surface area contributed by atoms with Crippen molar-refractivity contribution < 1.29 is 0 Å². The predicted octanol–water partition coefficient (Wildman–Crippen LogP) is 24.6. The van der Waals surface area contributed by atoms with Crippen LogP contribution in [-0.2, 0) is 16.2 Å². The van der Waals surface area contributed by atoms with Crippen molar-refractivity contribution in [1.82, 2.24) is 39.0 Å². The first-order valence-corrected chi connectivity index (χ1v) is 37.7. The standard InChI is InChI=1S/C37H34N4.C32H24N4.C31H22N4/c1-36(2,3)26-14-18-33-30(20-26)31-21-27(37(4,5)6)15-19-34(31)41(33)29-16-12-25(13-17-29)35-39-28(23-38)22-32(40-35)24-10-8-7-9-11-24;1-32(2)26-12-6-8-14-29(26)36(30-15-9-7-13-27(30)32)25-18-16-23(17-19-25)31-34-24(21-33)20-28(35-31)22-10-4-3-5-11-22;1-20-8-14-29-26(16-20)27-17-21(2)9-15-30(27)35(29)25-12-10-23(11-13-25)31-33-24(19-32)18-28(34-31)22-6-4-3-5-7-22/h7-22H,1-6H3;3-20H,1-2H3;3-18H,1-2H3. The van der Waals surface area contributed by atoms with Gasteiger partial charge in [-0.25, -0.2) is 29.9 Å². The van der Waals surface area contributed by atoms with Gasteiger partial charge in [0.15, 0.2) is 17.5 Å².